The highest BCUT2D eigenvalue weighted by Gasteiger charge is 2.47. The minimum absolute atomic E-state index is 0.284. The van der Waals surface area contributed by atoms with E-state index in [2.05, 4.69) is 0 Å². The van der Waals surface area contributed by atoms with Crippen LogP contribution < -0.4 is 10.4 Å². The van der Waals surface area contributed by atoms with Crippen LogP contribution in [0.2, 0.25) is 0 Å². The average Bonchev–Trinajstić information content (AvgIpc) is 2.84. The summed E-state index contributed by atoms with van der Waals surface area (Å²) in [4.78, 5) is 23.5. The van der Waals surface area contributed by atoms with Crippen LogP contribution in [0.5, 0.6) is 5.75 Å². The fourth-order valence-electron chi connectivity index (χ4n) is 2.98. The van der Waals surface area contributed by atoms with Gasteiger partial charge in [-0.25, -0.2) is 9.59 Å². The van der Waals surface area contributed by atoms with E-state index < -0.39 is 29.4 Å². The minimum atomic E-state index is -1.10. The fraction of sp³-hybridized carbons (Fsp3) is 0.368. The Morgan fingerprint density at radius 3 is 2.60 bits per heavy atom. The molecule has 0 bridgehead atoms. The van der Waals surface area contributed by atoms with E-state index in [4.69, 9.17) is 13.9 Å². The number of aliphatic hydroxyl groups excluding tert-OH is 1. The lowest BCUT2D eigenvalue weighted by Crippen LogP contribution is -2.45. The van der Waals surface area contributed by atoms with Crippen molar-refractivity contribution in [2.45, 2.75) is 45.5 Å². The van der Waals surface area contributed by atoms with E-state index >= 15 is 0 Å². The maximum absolute atomic E-state index is 12.0. The summed E-state index contributed by atoms with van der Waals surface area (Å²) >= 11 is 0. The highest BCUT2D eigenvalue weighted by Crippen LogP contribution is 2.45. The van der Waals surface area contributed by atoms with Gasteiger partial charge in [-0.2, -0.15) is 0 Å². The van der Waals surface area contributed by atoms with Crippen LogP contribution in [-0.4, -0.2) is 22.8 Å². The van der Waals surface area contributed by atoms with E-state index in [9.17, 15) is 14.7 Å². The summed E-state index contributed by atoms with van der Waals surface area (Å²) in [6.07, 6.45) is -0.545. The summed E-state index contributed by atoms with van der Waals surface area (Å²) in [6, 6.07) is 6.39. The summed E-state index contributed by atoms with van der Waals surface area (Å²) in [5.41, 5.74) is -0.114. The van der Waals surface area contributed by atoms with E-state index in [0.717, 1.165) is 5.57 Å². The van der Waals surface area contributed by atoms with Gasteiger partial charge in [0.2, 0.25) is 0 Å². The van der Waals surface area contributed by atoms with Crippen molar-refractivity contribution >= 4 is 16.9 Å². The number of rotatable bonds is 3. The Labute approximate surface area is 144 Å². The van der Waals surface area contributed by atoms with Gasteiger partial charge in [0.1, 0.15) is 23.0 Å². The molecule has 132 valence electrons. The Hall–Kier alpha value is -2.60. The number of ether oxygens (including phenoxy) is 2. The highest BCUT2D eigenvalue weighted by molar-refractivity contribution is 5.84. The van der Waals surface area contributed by atoms with Crippen molar-refractivity contribution in [2.75, 3.05) is 0 Å². The molecule has 1 aromatic carbocycles. The number of esters is 1. The number of hydrogen-bond donors (Lipinski definition) is 1. The number of carbonyl (C=O) groups is 1. The molecule has 0 saturated heterocycles. The third kappa shape index (κ3) is 3.17. The molecule has 0 spiro atoms. The predicted molar refractivity (Wildman–Crippen MR) is 91.5 cm³/mol. The van der Waals surface area contributed by atoms with Crippen LogP contribution in [0.15, 0.2) is 45.1 Å². The van der Waals surface area contributed by atoms with Crippen LogP contribution in [0.1, 0.15) is 39.4 Å². The summed E-state index contributed by atoms with van der Waals surface area (Å²) in [5.74, 6) is -0.0983. The van der Waals surface area contributed by atoms with Crippen LogP contribution in [-0.2, 0) is 9.53 Å². The lowest BCUT2D eigenvalue weighted by atomic mass is 9.93. The third-order valence-electron chi connectivity index (χ3n) is 4.08. The van der Waals surface area contributed by atoms with Crippen LogP contribution in [0.3, 0.4) is 0 Å². The van der Waals surface area contributed by atoms with Crippen LogP contribution in [0.25, 0.3) is 11.0 Å². The molecule has 2 aromatic rings. The normalized spacial score (nSPS) is 19.2. The molecule has 1 aliphatic heterocycles. The van der Waals surface area contributed by atoms with Gasteiger partial charge >= 0.3 is 11.6 Å². The number of hydrogen-bond acceptors (Lipinski definition) is 6. The molecule has 6 heteroatoms. The number of allylic oxidation sites excluding steroid dienone is 1. The Kier molecular flexibility index (Phi) is 4.16. The van der Waals surface area contributed by atoms with Gasteiger partial charge in [0.25, 0.3) is 0 Å². The SMILES string of the molecule is CC(C)=CC(=O)OC(C)(C)[C@H]1Oc2ccc3ccc(=O)oc3c2[C@H]1O. The largest absolute Gasteiger partial charge is 0.483 e. The monoisotopic (exact) mass is 344 g/mol. The van der Waals surface area contributed by atoms with Gasteiger partial charge in [0.15, 0.2) is 6.10 Å². The van der Waals surface area contributed by atoms with E-state index in [-0.39, 0.29) is 5.58 Å². The molecule has 0 radical (unpaired) electrons. The standard InChI is InChI=1S/C19H20O6/c1-10(2)9-14(21)25-19(3,4)18-16(22)15-12(23-18)7-5-11-6-8-13(20)24-17(11)15/h5-9,16,18,22H,1-4H3/t16-,18+/m1/s1. The quantitative estimate of drug-likeness (QED) is 0.523. The second-order valence-electron chi connectivity index (χ2n) is 6.88. The molecule has 0 amide bonds. The molecule has 1 aromatic heterocycles. The molecule has 6 nitrogen and oxygen atoms in total. The van der Waals surface area contributed by atoms with Gasteiger partial charge in [-0.3, -0.25) is 0 Å². The first-order chi connectivity index (χ1) is 11.7. The molecule has 0 saturated carbocycles. The van der Waals surface area contributed by atoms with Crippen LogP contribution in [0.4, 0.5) is 0 Å². The van der Waals surface area contributed by atoms with Crippen molar-refractivity contribution in [3.05, 3.63) is 51.9 Å². The van der Waals surface area contributed by atoms with Crippen molar-refractivity contribution in [1.82, 2.24) is 0 Å². The fourth-order valence-corrected chi connectivity index (χ4v) is 2.98. The second kappa shape index (κ2) is 6.04. The molecule has 2 atom stereocenters. The maximum Gasteiger partial charge on any atom is 0.336 e. The summed E-state index contributed by atoms with van der Waals surface area (Å²) in [5, 5.41) is 11.4. The third-order valence-corrected chi connectivity index (χ3v) is 4.08. The van der Waals surface area contributed by atoms with Gasteiger partial charge in [0.05, 0.1) is 5.56 Å². The number of fused-ring (bicyclic) bond motifs is 3. The molecule has 0 aliphatic carbocycles. The molecular formula is C19H20O6. The van der Waals surface area contributed by atoms with E-state index in [1.807, 2.05) is 0 Å². The first kappa shape index (κ1) is 17.2. The summed E-state index contributed by atoms with van der Waals surface area (Å²) < 4.78 is 16.6. The van der Waals surface area contributed by atoms with Gasteiger partial charge in [-0.05, 0) is 45.9 Å². The predicted octanol–water partition coefficient (Wildman–Crippen LogP) is 2.88. The zero-order chi connectivity index (χ0) is 18.4. The van der Waals surface area contributed by atoms with E-state index in [1.165, 1.54) is 12.1 Å². The minimum Gasteiger partial charge on any atom is -0.483 e. The molecule has 3 rings (SSSR count). The van der Waals surface area contributed by atoms with Crippen molar-refractivity contribution in [2.24, 2.45) is 0 Å². The lowest BCUT2D eigenvalue weighted by Gasteiger charge is -2.32. The van der Waals surface area contributed by atoms with Gasteiger partial charge in [-0.1, -0.05) is 5.57 Å². The molecule has 0 unspecified atom stereocenters. The number of carbonyl (C=O) groups excluding carboxylic acids is 1. The summed E-state index contributed by atoms with van der Waals surface area (Å²) in [7, 11) is 0. The van der Waals surface area contributed by atoms with Crippen molar-refractivity contribution < 1.29 is 23.8 Å². The Balaban J connectivity index is 1.97. The Morgan fingerprint density at radius 2 is 1.92 bits per heavy atom. The van der Waals surface area contributed by atoms with Crippen molar-refractivity contribution in [3.8, 4) is 5.75 Å². The molecule has 2 heterocycles. The van der Waals surface area contributed by atoms with Crippen LogP contribution in [0, 0.1) is 0 Å². The van der Waals surface area contributed by atoms with Crippen molar-refractivity contribution in [1.29, 1.82) is 0 Å². The van der Waals surface area contributed by atoms with Gasteiger partial charge in [0, 0.05) is 17.5 Å². The lowest BCUT2D eigenvalue weighted by molar-refractivity contribution is -0.164. The molecule has 0 fully saturated rings. The zero-order valence-corrected chi connectivity index (χ0v) is 14.5. The highest BCUT2D eigenvalue weighted by atomic mass is 16.6. The Morgan fingerprint density at radius 1 is 1.24 bits per heavy atom. The van der Waals surface area contributed by atoms with E-state index in [0.29, 0.717) is 16.7 Å². The molecule has 1 aliphatic rings. The number of aliphatic hydroxyl groups is 1. The smallest absolute Gasteiger partial charge is 0.336 e. The molecular weight excluding hydrogens is 324 g/mol. The second-order valence-corrected chi connectivity index (χ2v) is 6.88. The van der Waals surface area contributed by atoms with Gasteiger partial charge < -0.3 is 19.0 Å². The Bertz CT molecular complexity index is 917. The topological polar surface area (TPSA) is 86.0 Å². The average molecular weight is 344 g/mol. The first-order valence-corrected chi connectivity index (χ1v) is 7.98. The van der Waals surface area contributed by atoms with Crippen LogP contribution >= 0.6 is 0 Å². The molecule has 1 N–H and O–H groups in total. The maximum atomic E-state index is 12.0. The first-order valence-electron chi connectivity index (χ1n) is 7.98. The zero-order valence-electron chi connectivity index (χ0n) is 14.5. The van der Waals surface area contributed by atoms with E-state index in [1.54, 1.807) is 45.9 Å². The van der Waals surface area contributed by atoms with Gasteiger partial charge in [-0.15, -0.1) is 0 Å². The van der Waals surface area contributed by atoms with Crippen molar-refractivity contribution in [3.63, 3.8) is 0 Å². The summed E-state index contributed by atoms with van der Waals surface area (Å²) in [6.45, 7) is 6.92. The molecule has 25 heavy (non-hydrogen) atoms. The number of benzene rings is 1.